The van der Waals surface area contributed by atoms with E-state index < -0.39 is 9.84 Å². The number of hydrogen-bond donors (Lipinski definition) is 0. The summed E-state index contributed by atoms with van der Waals surface area (Å²) in [6.07, 6.45) is 2.29. The molecule has 2 heterocycles. The van der Waals surface area contributed by atoms with E-state index in [9.17, 15) is 18.0 Å². The Labute approximate surface area is 206 Å². The number of rotatable bonds is 9. The summed E-state index contributed by atoms with van der Waals surface area (Å²) in [5.41, 5.74) is 1.62. The van der Waals surface area contributed by atoms with E-state index in [0.717, 1.165) is 24.1 Å². The molecule has 0 bridgehead atoms. The summed E-state index contributed by atoms with van der Waals surface area (Å²) in [5, 5.41) is 0. The largest absolute Gasteiger partial charge is 0.493 e. The summed E-state index contributed by atoms with van der Waals surface area (Å²) in [6.45, 7) is 3.85. The average Bonchev–Trinajstić information content (AvgIpc) is 3.50. The van der Waals surface area contributed by atoms with Gasteiger partial charge in [0.05, 0.1) is 24.4 Å². The van der Waals surface area contributed by atoms with Gasteiger partial charge >= 0.3 is 0 Å². The van der Waals surface area contributed by atoms with E-state index >= 15 is 0 Å². The van der Waals surface area contributed by atoms with Crippen molar-refractivity contribution in [1.82, 2.24) is 4.90 Å². The first-order valence-corrected chi connectivity index (χ1v) is 13.6. The first-order valence-electron chi connectivity index (χ1n) is 12.0. The smallest absolute Gasteiger partial charge is 0.223 e. The first-order chi connectivity index (χ1) is 16.8. The third-order valence-electron chi connectivity index (χ3n) is 6.76. The van der Waals surface area contributed by atoms with Crippen molar-refractivity contribution < 1.29 is 27.5 Å². The van der Waals surface area contributed by atoms with Crippen molar-refractivity contribution >= 4 is 27.3 Å². The van der Waals surface area contributed by atoms with Crippen molar-refractivity contribution in [2.75, 3.05) is 44.0 Å². The van der Waals surface area contributed by atoms with Crippen LogP contribution in [0.4, 0.5) is 5.69 Å². The van der Waals surface area contributed by atoms with Gasteiger partial charge in [-0.2, -0.15) is 0 Å². The number of likely N-dealkylation sites (tertiary alicyclic amines) is 1. The molecule has 35 heavy (non-hydrogen) atoms. The van der Waals surface area contributed by atoms with E-state index in [4.69, 9.17) is 9.47 Å². The van der Waals surface area contributed by atoms with Gasteiger partial charge in [0, 0.05) is 38.7 Å². The van der Waals surface area contributed by atoms with Crippen LogP contribution in [0.1, 0.15) is 31.7 Å². The summed E-state index contributed by atoms with van der Waals surface area (Å²) >= 11 is 0. The topological polar surface area (TPSA) is 93.2 Å². The molecule has 4 rings (SSSR count). The van der Waals surface area contributed by atoms with Crippen molar-refractivity contribution in [1.29, 1.82) is 0 Å². The Bertz CT molecular complexity index is 1200. The molecule has 8 nitrogen and oxygen atoms in total. The molecule has 1 atom stereocenters. The van der Waals surface area contributed by atoms with Crippen LogP contribution >= 0.6 is 0 Å². The zero-order chi connectivity index (χ0) is 25.0. The molecule has 0 aliphatic carbocycles. The number of anilines is 1. The lowest BCUT2D eigenvalue weighted by molar-refractivity contribution is -0.129. The number of nitrogens with zero attached hydrogens (tertiary/aromatic N) is 2. The molecule has 188 valence electrons. The highest BCUT2D eigenvalue weighted by Gasteiger charge is 2.28. The molecule has 1 fully saturated rings. The molecular weight excluding hydrogens is 468 g/mol. The fraction of sp³-hybridized carbons (Fsp3) is 0.462. The number of amides is 2. The van der Waals surface area contributed by atoms with Gasteiger partial charge in [0.15, 0.2) is 21.3 Å². The van der Waals surface area contributed by atoms with Crippen molar-refractivity contribution in [3.05, 3.63) is 48.0 Å². The molecule has 1 saturated heterocycles. The number of para-hydroxylation sites is 2. The van der Waals surface area contributed by atoms with E-state index in [-0.39, 0.29) is 28.9 Å². The van der Waals surface area contributed by atoms with Gasteiger partial charge in [0.2, 0.25) is 11.8 Å². The Morgan fingerprint density at radius 1 is 1.09 bits per heavy atom. The van der Waals surface area contributed by atoms with Crippen LogP contribution in [0.3, 0.4) is 0 Å². The Morgan fingerprint density at radius 3 is 2.60 bits per heavy atom. The van der Waals surface area contributed by atoms with E-state index in [1.54, 1.807) is 29.0 Å². The van der Waals surface area contributed by atoms with Gasteiger partial charge in [0.25, 0.3) is 0 Å². The third-order valence-corrected chi connectivity index (χ3v) is 8.48. The molecule has 2 aliphatic heterocycles. The summed E-state index contributed by atoms with van der Waals surface area (Å²) in [4.78, 5) is 28.1. The van der Waals surface area contributed by atoms with Crippen LogP contribution in [0.25, 0.3) is 0 Å². The van der Waals surface area contributed by atoms with E-state index in [1.807, 2.05) is 24.3 Å². The minimum atomic E-state index is -3.59. The molecule has 0 saturated carbocycles. The van der Waals surface area contributed by atoms with Gasteiger partial charge in [-0.15, -0.1) is 0 Å². The number of carbonyl (C=O) groups excluding carboxylic acids is 2. The maximum absolute atomic E-state index is 12.9. The zero-order valence-corrected chi connectivity index (χ0v) is 21.1. The summed E-state index contributed by atoms with van der Waals surface area (Å²) in [5.74, 6) is 1.30. The number of fused-ring (bicyclic) bond motifs is 1. The Kier molecular flexibility index (Phi) is 7.64. The lowest BCUT2D eigenvalue weighted by atomic mass is 10.1. The standard InChI is InChI=1S/C26H32N2O6S/c1-19(29)28-14-10-21-17-22(7-8-23(21)28)35(31,32)16-12-26(30)27-13-9-20(18-27)11-15-34-25-6-4-3-5-24(25)33-2/h3-8,17,20H,9-16,18H2,1-2H3. The predicted octanol–water partition coefficient (Wildman–Crippen LogP) is 3.09. The average molecular weight is 501 g/mol. The molecule has 0 aromatic heterocycles. The number of carbonyl (C=O) groups is 2. The fourth-order valence-electron chi connectivity index (χ4n) is 4.76. The molecular formula is C26H32N2O6S. The van der Waals surface area contributed by atoms with E-state index in [0.29, 0.717) is 50.1 Å². The highest BCUT2D eigenvalue weighted by molar-refractivity contribution is 7.91. The number of ether oxygens (including phenoxy) is 2. The minimum Gasteiger partial charge on any atom is -0.493 e. The maximum Gasteiger partial charge on any atom is 0.223 e. The summed E-state index contributed by atoms with van der Waals surface area (Å²) < 4.78 is 36.9. The lowest BCUT2D eigenvalue weighted by Crippen LogP contribution is -2.30. The number of sulfone groups is 1. The third kappa shape index (κ3) is 5.78. The first kappa shape index (κ1) is 25.0. The van der Waals surface area contributed by atoms with Crippen LogP contribution in [0.2, 0.25) is 0 Å². The van der Waals surface area contributed by atoms with Crippen LogP contribution in [0, 0.1) is 5.92 Å². The maximum atomic E-state index is 12.9. The van der Waals surface area contributed by atoms with Crippen LogP contribution in [-0.4, -0.2) is 64.2 Å². The second-order valence-electron chi connectivity index (χ2n) is 9.06. The second-order valence-corrected chi connectivity index (χ2v) is 11.2. The summed E-state index contributed by atoms with van der Waals surface area (Å²) in [7, 11) is -1.99. The monoisotopic (exact) mass is 500 g/mol. The quantitative estimate of drug-likeness (QED) is 0.525. The van der Waals surface area contributed by atoms with Crippen molar-refractivity contribution in [2.24, 2.45) is 5.92 Å². The number of methoxy groups -OCH3 is 1. The normalized spacial score (nSPS) is 17.4. The van der Waals surface area contributed by atoms with Crippen molar-refractivity contribution in [2.45, 2.75) is 37.5 Å². The molecule has 0 radical (unpaired) electrons. The number of hydrogen-bond acceptors (Lipinski definition) is 6. The number of benzene rings is 2. The Hall–Kier alpha value is -3.07. The molecule has 2 aliphatic rings. The molecule has 0 spiro atoms. The van der Waals surface area contributed by atoms with Crippen LogP contribution in [0.15, 0.2) is 47.4 Å². The molecule has 2 aromatic carbocycles. The Morgan fingerprint density at radius 2 is 1.86 bits per heavy atom. The van der Waals surface area contributed by atoms with Gasteiger partial charge in [-0.3, -0.25) is 9.59 Å². The van der Waals surface area contributed by atoms with Crippen molar-refractivity contribution in [3.8, 4) is 11.5 Å². The highest BCUT2D eigenvalue weighted by Crippen LogP contribution is 2.31. The van der Waals surface area contributed by atoms with Crippen LogP contribution < -0.4 is 14.4 Å². The highest BCUT2D eigenvalue weighted by atomic mass is 32.2. The molecule has 2 amide bonds. The van der Waals surface area contributed by atoms with Gasteiger partial charge in [-0.05, 0) is 61.1 Å². The zero-order valence-electron chi connectivity index (χ0n) is 20.2. The van der Waals surface area contributed by atoms with E-state index in [2.05, 4.69) is 0 Å². The van der Waals surface area contributed by atoms with Crippen LogP contribution in [0.5, 0.6) is 11.5 Å². The minimum absolute atomic E-state index is 0.0383. The fourth-order valence-corrected chi connectivity index (χ4v) is 6.04. The SMILES string of the molecule is COc1ccccc1OCCC1CCN(C(=O)CCS(=O)(=O)c2ccc3c(c2)CCN3C(C)=O)C1. The van der Waals surface area contributed by atoms with Crippen molar-refractivity contribution in [3.63, 3.8) is 0 Å². The molecule has 0 N–H and O–H groups in total. The van der Waals surface area contributed by atoms with Crippen LogP contribution in [-0.2, 0) is 25.8 Å². The Balaban J connectivity index is 1.25. The van der Waals surface area contributed by atoms with Gasteiger partial charge < -0.3 is 19.3 Å². The van der Waals surface area contributed by atoms with Gasteiger partial charge in [-0.1, -0.05) is 12.1 Å². The second kappa shape index (κ2) is 10.7. The van der Waals surface area contributed by atoms with Gasteiger partial charge in [-0.25, -0.2) is 8.42 Å². The molecule has 9 heteroatoms. The van der Waals surface area contributed by atoms with E-state index in [1.165, 1.54) is 13.0 Å². The lowest BCUT2D eigenvalue weighted by Gasteiger charge is -2.17. The van der Waals surface area contributed by atoms with Gasteiger partial charge in [0.1, 0.15) is 0 Å². The summed E-state index contributed by atoms with van der Waals surface area (Å²) in [6, 6.07) is 12.4. The molecule has 1 unspecified atom stereocenters. The predicted molar refractivity (Wildman–Crippen MR) is 133 cm³/mol. The molecule has 2 aromatic rings.